The Labute approximate surface area is 105 Å². The maximum absolute atomic E-state index is 6.18. The van der Waals surface area contributed by atoms with Crippen molar-refractivity contribution in [3.05, 3.63) is 35.5 Å². The number of hydrogen-bond donors (Lipinski definition) is 1. The van der Waals surface area contributed by atoms with Gasteiger partial charge in [-0.3, -0.25) is 0 Å². The largest absolute Gasteiger partial charge is 0.369 e. The summed E-state index contributed by atoms with van der Waals surface area (Å²) in [6.07, 6.45) is 5.64. The second-order valence-electron chi connectivity index (χ2n) is 3.36. The van der Waals surface area contributed by atoms with E-state index in [4.69, 9.17) is 11.6 Å². The molecule has 0 atom stereocenters. The molecule has 92 valence electrons. The maximum atomic E-state index is 6.18. The Balaban J connectivity index is 4.60. The van der Waals surface area contributed by atoms with Gasteiger partial charge in [0, 0.05) is 19.6 Å². The molecule has 0 heterocycles. The van der Waals surface area contributed by atoms with E-state index in [1.807, 2.05) is 19.1 Å². The van der Waals surface area contributed by atoms with E-state index in [-0.39, 0.29) is 0 Å². The summed E-state index contributed by atoms with van der Waals surface area (Å²) in [7, 11) is 0. The molecule has 0 rings (SSSR count). The van der Waals surface area contributed by atoms with Crippen molar-refractivity contribution in [3.63, 3.8) is 0 Å². The summed E-state index contributed by atoms with van der Waals surface area (Å²) in [5, 5.41) is 4.09. The van der Waals surface area contributed by atoms with Gasteiger partial charge >= 0.3 is 0 Å². The van der Waals surface area contributed by atoms with Gasteiger partial charge in [-0.05, 0) is 26.5 Å². The Bertz CT molecular complexity index is 257. The topological polar surface area (TPSA) is 15.3 Å². The van der Waals surface area contributed by atoms with E-state index in [1.165, 1.54) is 0 Å². The van der Waals surface area contributed by atoms with Crippen molar-refractivity contribution in [3.8, 4) is 0 Å². The number of hydrogen-bond acceptors (Lipinski definition) is 2. The van der Waals surface area contributed by atoms with Gasteiger partial charge in [0.15, 0.2) is 0 Å². The van der Waals surface area contributed by atoms with E-state index in [1.54, 1.807) is 6.08 Å². The van der Waals surface area contributed by atoms with Gasteiger partial charge in [-0.2, -0.15) is 0 Å². The summed E-state index contributed by atoms with van der Waals surface area (Å²) < 4.78 is 0. The number of nitrogens with one attached hydrogen (secondary N) is 1. The van der Waals surface area contributed by atoms with Gasteiger partial charge in [0.1, 0.15) is 0 Å². The molecule has 0 aliphatic carbocycles. The van der Waals surface area contributed by atoms with Crippen molar-refractivity contribution < 1.29 is 0 Å². The van der Waals surface area contributed by atoms with E-state index >= 15 is 0 Å². The minimum atomic E-state index is 0.776. The van der Waals surface area contributed by atoms with Crippen LogP contribution in [-0.2, 0) is 0 Å². The molecule has 0 aromatic carbocycles. The molecule has 0 aliphatic heterocycles. The lowest BCUT2D eigenvalue weighted by Gasteiger charge is -2.25. The van der Waals surface area contributed by atoms with Crippen LogP contribution in [0.1, 0.15) is 20.8 Å². The first-order chi connectivity index (χ1) is 7.71. The van der Waals surface area contributed by atoms with E-state index in [2.05, 4.69) is 30.6 Å². The molecule has 0 saturated heterocycles. The molecule has 0 unspecified atom stereocenters. The molecule has 0 aromatic rings. The highest BCUT2D eigenvalue weighted by Gasteiger charge is 2.09. The normalized spacial score (nSPS) is 12.8. The van der Waals surface area contributed by atoms with Gasteiger partial charge in [-0.1, -0.05) is 37.3 Å². The number of rotatable bonds is 8. The summed E-state index contributed by atoms with van der Waals surface area (Å²) in [5.41, 5.74) is 1.04. The van der Waals surface area contributed by atoms with Crippen LogP contribution in [-0.4, -0.2) is 31.1 Å². The molecule has 0 bridgehead atoms. The van der Waals surface area contributed by atoms with E-state index in [0.29, 0.717) is 0 Å². The van der Waals surface area contributed by atoms with Gasteiger partial charge in [0.25, 0.3) is 0 Å². The highest BCUT2D eigenvalue weighted by Crippen LogP contribution is 2.18. The van der Waals surface area contributed by atoms with Crippen molar-refractivity contribution in [2.75, 3.05) is 26.2 Å². The third-order valence-electron chi connectivity index (χ3n) is 2.30. The van der Waals surface area contributed by atoms with Crippen molar-refractivity contribution >= 4 is 11.6 Å². The lowest BCUT2D eigenvalue weighted by atomic mass is 10.3. The third-order valence-corrected chi connectivity index (χ3v) is 2.72. The summed E-state index contributed by atoms with van der Waals surface area (Å²) >= 11 is 6.18. The van der Waals surface area contributed by atoms with Gasteiger partial charge in [0.2, 0.25) is 0 Å². The Morgan fingerprint density at radius 2 is 2.12 bits per heavy atom. The molecular formula is C13H23ClN2. The fraction of sp³-hybridized carbons (Fsp3) is 0.538. The first-order valence-corrected chi connectivity index (χ1v) is 6.19. The minimum Gasteiger partial charge on any atom is -0.369 e. The van der Waals surface area contributed by atoms with Crippen molar-refractivity contribution in [1.82, 2.24) is 10.2 Å². The molecule has 2 nitrogen and oxygen atoms in total. The second kappa shape index (κ2) is 9.49. The number of halogens is 1. The second-order valence-corrected chi connectivity index (χ2v) is 3.76. The van der Waals surface area contributed by atoms with E-state index in [9.17, 15) is 0 Å². The van der Waals surface area contributed by atoms with Crippen molar-refractivity contribution in [2.24, 2.45) is 0 Å². The van der Waals surface area contributed by atoms with Crippen LogP contribution in [0.2, 0.25) is 0 Å². The molecular weight excluding hydrogens is 220 g/mol. The van der Waals surface area contributed by atoms with Gasteiger partial charge in [-0.25, -0.2) is 0 Å². The molecule has 0 radical (unpaired) electrons. The summed E-state index contributed by atoms with van der Waals surface area (Å²) in [5.74, 6) is 0. The highest BCUT2D eigenvalue weighted by molar-refractivity contribution is 6.31. The molecule has 3 heteroatoms. The van der Waals surface area contributed by atoms with Crippen LogP contribution >= 0.6 is 11.6 Å². The Kier molecular flexibility index (Phi) is 9.06. The molecule has 0 fully saturated rings. The Hall–Kier alpha value is -0.730. The van der Waals surface area contributed by atoms with Crippen LogP contribution in [0.3, 0.4) is 0 Å². The van der Waals surface area contributed by atoms with Crippen LogP contribution in [0.15, 0.2) is 35.5 Å². The first-order valence-electron chi connectivity index (χ1n) is 5.81. The molecule has 0 aliphatic rings. The van der Waals surface area contributed by atoms with Crippen molar-refractivity contribution in [1.29, 1.82) is 0 Å². The summed E-state index contributed by atoms with van der Waals surface area (Å²) in [6.45, 7) is 13.8. The van der Waals surface area contributed by atoms with Crippen molar-refractivity contribution in [2.45, 2.75) is 20.8 Å². The molecule has 0 aromatic heterocycles. The average Bonchev–Trinajstić information content (AvgIpc) is 2.31. The number of allylic oxidation sites excluding steroid dienone is 4. The monoisotopic (exact) mass is 242 g/mol. The predicted octanol–water partition coefficient (Wildman–Crippen LogP) is 3.13. The lowest BCUT2D eigenvalue weighted by molar-refractivity contribution is 0.368. The molecule has 0 spiro atoms. The van der Waals surface area contributed by atoms with Crippen LogP contribution in [0.25, 0.3) is 0 Å². The van der Waals surface area contributed by atoms with Gasteiger partial charge in [-0.15, -0.1) is 0 Å². The SMILES string of the molecule is C=C/C=C(\C(Cl)=C/C)N(CC)CCNCC. The van der Waals surface area contributed by atoms with Gasteiger partial charge < -0.3 is 10.2 Å². The zero-order chi connectivity index (χ0) is 12.4. The number of nitrogens with zero attached hydrogens (tertiary/aromatic N) is 1. The standard InChI is InChI=1S/C13H23ClN2/c1-5-9-13(12(14)6-2)16(8-4)11-10-15-7-3/h5-6,9,15H,1,7-8,10-11H2,2-4H3/b12-6+,13-9+. The molecule has 0 amide bonds. The van der Waals surface area contributed by atoms with Crippen LogP contribution in [0.5, 0.6) is 0 Å². The van der Waals surface area contributed by atoms with Crippen LogP contribution in [0.4, 0.5) is 0 Å². The zero-order valence-corrected chi connectivity index (χ0v) is 11.3. The third kappa shape index (κ3) is 5.38. The Morgan fingerprint density at radius 3 is 2.56 bits per heavy atom. The smallest absolute Gasteiger partial charge is 0.0596 e. The summed E-state index contributed by atoms with van der Waals surface area (Å²) in [4.78, 5) is 2.24. The van der Waals surface area contributed by atoms with E-state index < -0.39 is 0 Å². The maximum Gasteiger partial charge on any atom is 0.0596 e. The fourth-order valence-electron chi connectivity index (χ4n) is 1.44. The van der Waals surface area contributed by atoms with Crippen LogP contribution < -0.4 is 5.32 Å². The highest BCUT2D eigenvalue weighted by atomic mass is 35.5. The fourth-order valence-corrected chi connectivity index (χ4v) is 1.62. The molecule has 1 N–H and O–H groups in total. The quantitative estimate of drug-likeness (QED) is 0.520. The predicted molar refractivity (Wildman–Crippen MR) is 73.7 cm³/mol. The van der Waals surface area contributed by atoms with Crippen LogP contribution in [0, 0.1) is 0 Å². The van der Waals surface area contributed by atoms with E-state index in [0.717, 1.165) is 36.9 Å². The lowest BCUT2D eigenvalue weighted by Crippen LogP contribution is -2.31. The molecule has 0 saturated carbocycles. The first kappa shape index (κ1) is 15.3. The summed E-state index contributed by atoms with van der Waals surface area (Å²) in [6, 6.07) is 0. The minimum absolute atomic E-state index is 0.776. The van der Waals surface area contributed by atoms with Gasteiger partial charge in [0.05, 0.1) is 10.7 Å². The number of likely N-dealkylation sites (N-methyl/N-ethyl adjacent to an activating group) is 2. The average molecular weight is 243 g/mol. The Morgan fingerprint density at radius 1 is 1.44 bits per heavy atom. The zero-order valence-electron chi connectivity index (χ0n) is 10.6. The molecule has 16 heavy (non-hydrogen) atoms.